The molecule has 0 spiro atoms. The van der Waals surface area contributed by atoms with Gasteiger partial charge in [-0.1, -0.05) is 0 Å². The van der Waals surface area contributed by atoms with Crippen LogP contribution in [0, 0.1) is 17.5 Å². The first-order valence-electron chi connectivity index (χ1n) is 6.57. The Labute approximate surface area is 126 Å². The van der Waals surface area contributed by atoms with Gasteiger partial charge in [-0.3, -0.25) is 0 Å². The fourth-order valence-electron chi connectivity index (χ4n) is 1.99. The molecule has 1 atom stereocenters. The first-order valence-corrected chi connectivity index (χ1v) is 7.56. The van der Waals surface area contributed by atoms with Crippen molar-refractivity contribution in [2.24, 2.45) is 0 Å². The Balaban J connectivity index is 1.95. The number of hydrogen-bond acceptors (Lipinski definition) is 2. The van der Waals surface area contributed by atoms with Crippen molar-refractivity contribution in [2.75, 3.05) is 12.8 Å². The molecule has 0 saturated heterocycles. The second-order valence-corrected chi connectivity index (χ2v) is 5.83. The first kappa shape index (κ1) is 15.9. The van der Waals surface area contributed by atoms with E-state index in [2.05, 4.69) is 5.32 Å². The predicted octanol–water partition coefficient (Wildman–Crippen LogP) is 4.03. The van der Waals surface area contributed by atoms with Crippen molar-refractivity contribution in [3.63, 3.8) is 0 Å². The minimum absolute atomic E-state index is 0.0706. The maximum atomic E-state index is 13.2. The number of thioether (sulfide) groups is 1. The van der Waals surface area contributed by atoms with Gasteiger partial charge in [0, 0.05) is 22.8 Å². The molecule has 2 rings (SSSR count). The van der Waals surface area contributed by atoms with E-state index in [0.29, 0.717) is 12.0 Å². The van der Waals surface area contributed by atoms with E-state index in [1.807, 2.05) is 7.05 Å². The molecule has 1 unspecified atom stereocenters. The second kappa shape index (κ2) is 7.52. The van der Waals surface area contributed by atoms with E-state index in [1.165, 1.54) is 24.3 Å². The molecule has 112 valence electrons. The molecular formula is C16H16F3NS. The molecule has 5 heteroatoms. The van der Waals surface area contributed by atoms with E-state index >= 15 is 0 Å². The first-order chi connectivity index (χ1) is 10.1. The van der Waals surface area contributed by atoms with E-state index in [1.54, 1.807) is 23.9 Å². The topological polar surface area (TPSA) is 12.0 Å². The summed E-state index contributed by atoms with van der Waals surface area (Å²) in [6.45, 7) is 0. The lowest BCUT2D eigenvalue weighted by molar-refractivity contribution is 0.569. The van der Waals surface area contributed by atoms with Crippen LogP contribution in [-0.2, 0) is 6.42 Å². The zero-order valence-electron chi connectivity index (χ0n) is 11.6. The van der Waals surface area contributed by atoms with Crippen LogP contribution in [0.15, 0.2) is 47.4 Å². The van der Waals surface area contributed by atoms with Crippen molar-refractivity contribution in [1.82, 2.24) is 5.32 Å². The number of likely N-dealkylation sites (N-methyl/N-ethyl adjacent to an activating group) is 1. The normalized spacial score (nSPS) is 12.4. The van der Waals surface area contributed by atoms with Crippen LogP contribution in [0.4, 0.5) is 13.2 Å². The molecule has 0 aliphatic heterocycles. The molecule has 21 heavy (non-hydrogen) atoms. The van der Waals surface area contributed by atoms with Crippen LogP contribution in [0.2, 0.25) is 0 Å². The van der Waals surface area contributed by atoms with Crippen molar-refractivity contribution in [3.05, 3.63) is 65.5 Å². The lowest BCUT2D eigenvalue weighted by Crippen LogP contribution is -2.30. The van der Waals surface area contributed by atoms with Crippen molar-refractivity contribution >= 4 is 11.8 Å². The molecule has 1 N–H and O–H groups in total. The van der Waals surface area contributed by atoms with E-state index in [-0.39, 0.29) is 11.9 Å². The largest absolute Gasteiger partial charge is 0.316 e. The molecule has 0 radical (unpaired) electrons. The standard InChI is InChI=1S/C16H16F3NS/c1-20-15(8-11-6-13(18)9-14(19)7-11)10-21-16-4-2-12(17)3-5-16/h2-7,9,15,20H,8,10H2,1H3. The van der Waals surface area contributed by atoms with Crippen LogP contribution in [0.5, 0.6) is 0 Å². The van der Waals surface area contributed by atoms with Gasteiger partial charge in [0.05, 0.1) is 0 Å². The summed E-state index contributed by atoms with van der Waals surface area (Å²) >= 11 is 1.57. The lowest BCUT2D eigenvalue weighted by Gasteiger charge is -2.16. The summed E-state index contributed by atoms with van der Waals surface area (Å²) < 4.78 is 39.2. The average molecular weight is 311 g/mol. The summed E-state index contributed by atoms with van der Waals surface area (Å²) in [6.07, 6.45) is 0.527. The minimum atomic E-state index is -0.564. The van der Waals surface area contributed by atoms with Crippen molar-refractivity contribution in [2.45, 2.75) is 17.4 Å². The van der Waals surface area contributed by atoms with Crippen LogP contribution in [0.25, 0.3) is 0 Å². The lowest BCUT2D eigenvalue weighted by atomic mass is 10.1. The average Bonchev–Trinajstić information content (AvgIpc) is 2.44. The fourth-order valence-corrected chi connectivity index (χ4v) is 2.99. The summed E-state index contributed by atoms with van der Waals surface area (Å²) in [4.78, 5) is 0.960. The highest BCUT2D eigenvalue weighted by Crippen LogP contribution is 2.20. The molecule has 0 aromatic heterocycles. The summed E-state index contributed by atoms with van der Waals surface area (Å²) in [6, 6.07) is 9.89. The van der Waals surface area contributed by atoms with Gasteiger partial charge in [0.25, 0.3) is 0 Å². The van der Waals surface area contributed by atoms with Gasteiger partial charge in [0.15, 0.2) is 0 Å². The Kier molecular flexibility index (Phi) is 5.70. The van der Waals surface area contributed by atoms with Crippen molar-refractivity contribution in [1.29, 1.82) is 0 Å². The number of nitrogens with one attached hydrogen (secondary N) is 1. The van der Waals surface area contributed by atoms with Gasteiger partial charge in [0.1, 0.15) is 17.5 Å². The Hall–Kier alpha value is -1.46. The SMILES string of the molecule is CNC(CSc1ccc(F)cc1)Cc1cc(F)cc(F)c1. The molecule has 0 heterocycles. The molecule has 2 aromatic rings. The van der Waals surface area contributed by atoms with Crippen molar-refractivity contribution < 1.29 is 13.2 Å². The monoisotopic (exact) mass is 311 g/mol. The van der Waals surface area contributed by atoms with Gasteiger partial charge in [-0.25, -0.2) is 13.2 Å². The Morgan fingerprint density at radius 1 is 0.952 bits per heavy atom. The molecule has 0 bridgehead atoms. The number of benzene rings is 2. The minimum Gasteiger partial charge on any atom is -0.316 e. The smallest absolute Gasteiger partial charge is 0.126 e. The maximum absolute atomic E-state index is 13.2. The van der Waals surface area contributed by atoms with Gasteiger partial charge in [-0.05, 0) is 55.4 Å². The molecule has 0 aliphatic carbocycles. The van der Waals surface area contributed by atoms with Crippen LogP contribution in [0.1, 0.15) is 5.56 Å². The van der Waals surface area contributed by atoms with Crippen LogP contribution in [-0.4, -0.2) is 18.8 Å². The highest BCUT2D eigenvalue weighted by molar-refractivity contribution is 7.99. The highest BCUT2D eigenvalue weighted by Gasteiger charge is 2.10. The van der Waals surface area contributed by atoms with E-state index in [0.717, 1.165) is 16.7 Å². The molecular weight excluding hydrogens is 295 g/mol. The van der Waals surface area contributed by atoms with Crippen LogP contribution < -0.4 is 5.32 Å². The molecule has 1 nitrogen and oxygen atoms in total. The number of halogens is 3. The second-order valence-electron chi connectivity index (χ2n) is 4.73. The van der Waals surface area contributed by atoms with Gasteiger partial charge in [-0.15, -0.1) is 11.8 Å². The van der Waals surface area contributed by atoms with Crippen LogP contribution in [0.3, 0.4) is 0 Å². The van der Waals surface area contributed by atoms with Gasteiger partial charge >= 0.3 is 0 Å². The zero-order valence-corrected chi connectivity index (χ0v) is 12.4. The molecule has 2 aromatic carbocycles. The Bertz CT molecular complexity index is 566. The van der Waals surface area contributed by atoms with Gasteiger partial charge in [-0.2, -0.15) is 0 Å². The van der Waals surface area contributed by atoms with Gasteiger partial charge in [0.2, 0.25) is 0 Å². The van der Waals surface area contributed by atoms with Crippen molar-refractivity contribution in [3.8, 4) is 0 Å². The third-order valence-electron chi connectivity index (χ3n) is 3.08. The summed E-state index contributed by atoms with van der Waals surface area (Å²) in [5.74, 6) is -0.669. The number of hydrogen-bond donors (Lipinski definition) is 1. The Morgan fingerprint density at radius 3 is 2.14 bits per heavy atom. The summed E-state index contributed by atoms with van der Waals surface area (Å²) in [5.41, 5.74) is 0.617. The third kappa shape index (κ3) is 5.10. The Morgan fingerprint density at radius 2 is 1.57 bits per heavy atom. The molecule has 0 amide bonds. The number of rotatable bonds is 6. The molecule has 0 aliphatic rings. The fraction of sp³-hybridized carbons (Fsp3) is 0.250. The van der Waals surface area contributed by atoms with E-state index in [4.69, 9.17) is 0 Å². The zero-order chi connectivity index (χ0) is 15.2. The predicted molar refractivity (Wildman–Crippen MR) is 80.0 cm³/mol. The quantitative estimate of drug-likeness (QED) is 0.809. The molecule has 0 fully saturated rings. The van der Waals surface area contributed by atoms with Crippen LogP contribution >= 0.6 is 11.8 Å². The molecule has 0 saturated carbocycles. The third-order valence-corrected chi connectivity index (χ3v) is 4.25. The highest BCUT2D eigenvalue weighted by atomic mass is 32.2. The summed E-state index contributed by atoms with van der Waals surface area (Å²) in [5, 5.41) is 3.13. The maximum Gasteiger partial charge on any atom is 0.126 e. The van der Waals surface area contributed by atoms with E-state index in [9.17, 15) is 13.2 Å². The van der Waals surface area contributed by atoms with E-state index < -0.39 is 11.6 Å². The summed E-state index contributed by atoms with van der Waals surface area (Å²) in [7, 11) is 1.81. The van der Waals surface area contributed by atoms with Gasteiger partial charge < -0.3 is 5.32 Å².